The monoisotopic (exact) mass is 425 g/mol. The molecule has 2 aliphatic rings. The third-order valence-corrected chi connectivity index (χ3v) is 5.60. The Balaban J connectivity index is 1.51. The maximum Gasteiger partial charge on any atom is 0.252 e. The van der Waals surface area contributed by atoms with Crippen molar-refractivity contribution < 1.29 is 23.7 Å². The summed E-state index contributed by atoms with van der Waals surface area (Å²) in [7, 11) is 0. The quantitative estimate of drug-likeness (QED) is 0.677. The second-order valence-corrected chi connectivity index (χ2v) is 8.13. The summed E-state index contributed by atoms with van der Waals surface area (Å²) in [5, 5.41) is 3.06. The van der Waals surface area contributed by atoms with E-state index in [1.807, 2.05) is 43.3 Å². The van der Waals surface area contributed by atoms with Gasteiger partial charge in [0.25, 0.3) is 5.91 Å². The van der Waals surface area contributed by atoms with Gasteiger partial charge in [-0.2, -0.15) is 0 Å². The molecule has 1 amide bonds. The fraction of sp³-hybridized carbons (Fsp3) is 0.480. The summed E-state index contributed by atoms with van der Waals surface area (Å²) >= 11 is 0. The van der Waals surface area contributed by atoms with Gasteiger partial charge in [-0.25, -0.2) is 0 Å². The smallest absolute Gasteiger partial charge is 0.252 e. The number of nitrogens with one attached hydrogen (secondary N) is 1. The second kappa shape index (κ2) is 10.6. The molecule has 2 unspecified atom stereocenters. The summed E-state index contributed by atoms with van der Waals surface area (Å²) in [6.45, 7) is 3.36. The van der Waals surface area contributed by atoms with Gasteiger partial charge >= 0.3 is 0 Å². The molecular weight excluding hydrogens is 394 g/mol. The fourth-order valence-electron chi connectivity index (χ4n) is 3.86. The van der Waals surface area contributed by atoms with Crippen molar-refractivity contribution in [3.63, 3.8) is 0 Å². The van der Waals surface area contributed by atoms with Gasteiger partial charge in [-0.15, -0.1) is 0 Å². The van der Waals surface area contributed by atoms with Gasteiger partial charge in [0, 0.05) is 24.5 Å². The van der Waals surface area contributed by atoms with Crippen molar-refractivity contribution >= 4 is 5.91 Å². The van der Waals surface area contributed by atoms with Crippen LogP contribution in [0.5, 0.6) is 11.5 Å². The van der Waals surface area contributed by atoms with Gasteiger partial charge in [-0.1, -0.05) is 30.3 Å². The lowest BCUT2D eigenvalue weighted by Gasteiger charge is -2.26. The molecule has 2 saturated heterocycles. The molecule has 2 heterocycles. The molecule has 0 bridgehead atoms. The predicted molar refractivity (Wildman–Crippen MR) is 117 cm³/mol. The molecule has 4 rings (SSSR count). The number of carbonyl (C=O) groups is 1. The van der Waals surface area contributed by atoms with Gasteiger partial charge in [0.1, 0.15) is 11.5 Å². The molecule has 6 heteroatoms. The summed E-state index contributed by atoms with van der Waals surface area (Å²) in [5.74, 6) is 0.955. The Bertz CT molecular complexity index is 806. The maximum absolute atomic E-state index is 13.0. The van der Waals surface area contributed by atoms with Gasteiger partial charge in [-0.05, 0) is 50.3 Å². The highest BCUT2D eigenvalue weighted by Crippen LogP contribution is 2.28. The summed E-state index contributed by atoms with van der Waals surface area (Å²) < 4.78 is 23.5. The molecule has 3 atom stereocenters. The Hall–Kier alpha value is -2.57. The minimum absolute atomic E-state index is 0.119. The maximum atomic E-state index is 13.0. The molecule has 2 aromatic rings. The van der Waals surface area contributed by atoms with E-state index in [2.05, 4.69) is 5.32 Å². The number of carbonyl (C=O) groups excluding carboxylic acids is 1. The van der Waals surface area contributed by atoms with E-state index in [-0.39, 0.29) is 24.5 Å². The normalized spacial score (nSPS) is 22.4. The number of benzene rings is 2. The van der Waals surface area contributed by atoms with Crippen molar-refractivity contribution in [2.45, 2.75) is 64.1 Å². The summed E-state index contributed by atoms with van der Waals surface area (Å²) in [6.07, 6.45) is 5.31. The lowest BCUT2D eigenvalue weighted by atomic mass is 10.1. The molecule has 166 valence electrons. The predicted octanol–water partition coefficient (Wildman–Crippen LogP) is 4.99. The minimum Gasteiger partial charge on any atom is -0.465 e. The third-order valence-electron chi connectivity index (χ3n) is 5.60. The zero-order valence-corrected chi connectivity index (χ0v) is 18.0. The van der Waals surface area contributed by atoms with Gasteiger partial charge in [0.2, 0.25) is 0 Å². The lowest BCUT2D eigenvalue weighted by molar-refractivity contribution is -0.109. The van der Waals surface area contributed by atoms with Crippen LogP contribution in [0.4, 0.5) is 0 Å². The Labute approximate surface area is 183 Å². The van der Waals surface area contributed by atoms with Gasteiger partial charge in [-0.3, -0.25) is 4.79 Å². The van der Waals surface area contributed by atoms with E-state index >= 15 is 0 Å². The first kappa shape index (κ1) is 21.7. The van der Waals surface area contributed by atoms with E-state index < -0.39 is 0 Å². The summed E-state index contributed by atoms with van der Waals surface area (Å²) in [5.41, 5.74) is 1.54. The van der Waals surface area contributed by atoms with Crippen molar-refractivity contribution in [2.75, 3.05) is 13.2 Å². The second-order valence-electron chi connectivity index (χ2n) is 8.13. The van der Waals surface area contributed by atoms with E-state index in [0.29, 0.717) is 30.3 Å². The topological polar surface area (TPSA) is 66.0 Å². The first-order chi connectivity index (χ1) is 15.2. The Morgan fingerprint density at radius 2 is 1.48 bits per heavy atom. The van der Waals surface area contributed by atoms with Crippen molar-refractivity contribution in [3.05, 3.63) is 59.7 Å². The van der Waals surface area contributed by atoms with Crippen LogP contribution >= 0.6 is 0 Å². The molecule has 0 aliphatic carbocycles. The van der Waals surface area contributed by atoms with Gasteiger partial charge in [0.15, 0.2) is 12.6 Å². The standard InChI is InChI=1S/C25H31NO5/c1-18(19-9-3-2-4-10-19)26-25(27)20-15-21(30-23-11-5-7-13-28-23)17-22(16-20)31-24-12-6-8-14-29-24/h2-4,9-10,15-18,23-24H,5-8,11-14H2,1H3,(H,26,27)/t18-,23?,24?/m1/s1. The summed E-state index contributed by atoms with van der Waals surface area (Å²) in [4.78, 5) is 13.0. The lowest BCUT2D eigenvalue weighted by Crippen LogP contribution is -2.28. The van der Waals surface area contributed by atoms with Gasteiger partial charge < -0.3 is 24.3 Å². The minimum atomic E-state index is -0.297. The highest BCUT2D eigenvalue weighted by Gasteiger charge is 2.21. The molecule has 31 heavy (non-hydrogen) atoms. The van der Waals surface area contributed by atoms with E-state index in [9.17, 15) is 4.79 Å². The molecule has 6 nitrogen and oxygen atoms in total. The van der Waals surface area contributed by atoms with Crippen LogP contribution in [-0.4, -0.2) is 31.7 Å². The van der Waals surface area contributed by atoms with Crippen LogP contribution in [-0.2, 0) is 9.47 Å². The number of amides is 1. The van der Waals surface area contributed by atoms with Crippen molar-refractivity contribution in [1.82, 2.24) is 5.32 Å². The van der Waals surface area contributed by atoms with E-state index in [0.717, 1.165) is 44.1 Å². The van der Waals surface area contributed by atoms with Crippen LogP contribution in [0.2, 0.25) is 0 Å². The Kier molecular flexibility index (Phi) is 7.43. The van der Waals surface area contributed by atoms with Crippen molar-refractivity contribution in [3.8, 4) is 11.5 Å². The Morgan fingerprint density at radius 3 is 2.00 bits per heavy atom. The van der Waals surface area contributed by atoms with E-state index in [1.165, 1.54) is 0 Å². The van der Waals surface area contributed by atoms with Crippen LogP contribution in [0.15, 0.2) is 48.5 Å². The van der Waals surface area contributed by atoms with Gasteiger partial charge in [0.05, 0.1) is 19.3 Å². The molecule has 0 saturated carbocycles. The average Bonchev–Trinajstić information content (AvgIpc) is 2.81. The number of hydrogen-bond acceptors (Lipinski definition) is 5. The van der Waals surface area contributed by atoms with Crippen LogP contribution in [0.3, 0.4) is 0 Å². The zero-order chi connectivity index (χ0) is 21.5. The molecule has 2 fully saturated rings. The summed E-state index contributed by atoms with van der Waals surface area (Å²) in [6, 6.07) is 15.1. The number of ether oxygens (including phenoxy) is 4. The first-order valence-corrected chi connectivity index (χ1v) is 11.2. The van der Waals surface area contributed by atoms with E-state index in [1.54, 1.807) is 12.1 Å². The molecule has 0 radical (unpaired) electrons. The van der Waals surface area contributed by atoms with Crippen LogP contribution in [0.25, 0.3) is 0 Å². The van der Waals surface area contributed by atoms with Crippen molar-refractivity contribution in [1.29, 1.82) is 0 Å². The van der Waals surface area contributed by atoms with Crippen LogP contribution in [0, 0.1) is 0 Å². The molecular formula is C25H31NO5. The SMILES string of the molecule is C[C@@H](NC(=O)c1cc(OC2CCCCO2)cc(OC2CCCCO2)c1)c1ccccc1. The Morgan fingerprint density at radius 1 is 0.903 bits per heavy atom. The largest absolute Gasteiger partial charge is 0.465 e. The zero-order valence-electron chi connectivity index (χ0n) is 18.0. The highest BCUT2D eigenvalue weighted by atomic mass is 16.7. The number of hydrogen-bond donors (Lipinski definition) is 1. The molecule has 0 spiro atoms. The van der Waals surface area contributed by atoms with Crippen LogP contribution < -0.4 is 14.8 Å². The van der Waals surface area contributed by atoms with E-state index in [4.69, 9.17) is 18.9 Å². The average molecular weight is 426 g/mol. The molecule has 2 aromatic carbocycles. The fourth-order valence-corrected chi connectivity index (χ4v) is 3.86. The third kappa shape index (κ3) is 6.21. The van der Waals surface area contributed by atoms with Crippen molar-refractivity contribution in [2.24, 2.45) is 0 Å². The molecule has 0 aromatic heterocycles. The molecule has 2 aliphatic heterocycles. The van der Waals surface area contributed by atoms with Crippen LogP contribution in [0.1, 0.15) is 67.4 Å². The number of rotatable bonds is 7. The first-order valence-electron chi connectivity index (χ1n) is 11.2. The highest BCUT2D eigenvalue weighted by molar-refractivity contribution is 5.95. The molecule has 1 N–H and O–H groups in total.